The number of ketones is 1. The van der Waals surface area contributed by atoms with Gasteiger partial charge in [-0.05, 0) is 61.0 Å². The molecular weight excluding hydrogens is 366 g/mol. The quantitative estimate of drug-likeness (QED) is 0.614. The average molecular weight is 379 g/mol. The molecule has 1 amide bonds. The molecule has 2 aromatic rings. The Morgan fingerprint density at radius 3 is 2.41 bits per heavy atom. The van der Waals surface area contributed by atoms with Crippen molar-refractivity contribution >= 4 is 44.9 Å². The normalized spacial score (nSPS) is 10.7. The highest BCUT2D eigenvalue weighted by Gasteiger charge is 2.05. The van der Waals surface area contributed by atoms with E-state index in [0.29, 0.717) is 16.3 Å². The Kier molecular flexibility index (Phi) is 5.52. The SMILES string of the molecule is Cc1cc(Cl)ccc1NC(=O)/C=C/C(=O)c1ccc(Br)cc1. The monoisotopic (exact) mass is 377 g/mol. The van der Waals surface area contributed by atoms with Gasteiger partial charge >= 0.3 is 0 Å². The van der Waals surface area contributed by atoms with E-state index >= 15 is 0 Å². The number of carbonyl (C=O) groups is 2. The number of allylic oxidation sites excluding steroid dienone is 1. The lowest BCUT2D eigenvalue weighted by molar-refractivity contribution is -0.111. The van der Waals surface area contributed by atoms with Gasteiger partial charge in [-0.1, -0.05) is 27.5 Å². The van der Waals surface area contributed by atoms with Gasteiger partial charge in [0.15, 0.2) is 5.78 Å². The number of hydrogen-bond donors (Lipinski definition) is 1. The Hall–Kier alpha value is -1.91. The number of carbonyl (C=O) groups excluding carboxylic acids is 2. The first-order valence-corrected chi connectivity index (χ1v) is 7.68. The summed E-state index contributed by atoms with van der Waals surface area (Å²) in [5, 5.41) is 3.32. The van der Waals surface area contributed by atoms with Crippen LogP contribution in [-0.4, -0.2) is 11.7 Å². The van der Waals surface area contributed by atoms with Gasteiger partial charge in [0.1, 0.15) is 0 Å². The van der Waals surface area contributed by atoms with Gasteiger partial charge in [-0.15, -0.1) is 0 Å². The molecule has 0 heterocycles. The summed E-state index contributed by atoms with van der Waals surface area (Å²) in [5.74, 6) is -0.591. The van der Waals surface area contributed by atoms with Crippen LogP contribution in [0.1, 0.15) is 15.9 Å². The fraction of sp³-hybridized carbons (Fsp3) is 0.0588. The van der Waals surface area contributed by atoms with E-state index in [0.717, 1.165) is 10.0 Å². The maximum absolute atomic E-state index is 11.9. The lowest BCUT2D eigenvalue weighted by atomic mass is 10.1. The van der Waals surface area contributed by atoms with Gasteiger partial charge in [0, 0.05) is 26.8 Å². The van der Waals surface area contributed by atoms with Crippen LogP contribution >= 0.6 is 27.5 Å². The number of nitrogens with one attached hydrogen (secondary N) is 1. The van der Waals surface area contributed by atoms with Crippen molar-refractivity contribution in [1.29, 1.82) is 0 Å². The number of benzene rings is 2. The van der Waals surface area contributed by atoms with E-state index in [1.54, 1.807) is 42.5 Å². The standard InChI is InChI=1S/C17H13BrClNO2/c1-11-10-14(19)6-7-15(11)20-17(22)9-8-16(21)12-2-4-13(18)5-3-12/h2-10H,1H3,(H,20,22)/b9-8+. The third-order valence-corrected chi connectivity index (χ3v) is 3.72. The van der Waals surface area contributed by atoms with Gasteiger partial charge in [-0.3, -0.25) is 9.59 Å². The van der Waals surface area contributed by atoms with Crippen molar-refractivity contribution in [2.24, 2.45) is 0 Å². The minimum atomic E-state index is -0.365. The van der Waals surface area contributed by atoms with Crippen molar-refractivity contribution in [3.8, 4) is 0 Å². The average Bonchev–Trinajstić information content (AvgIpc) is 2.48. The Morgan fingerprint density at radius 1 is 1.09 bits per heavy atom. The van der Waals surface area contributed by atoms with Crippen LogP contribution in [-0.2, 0) is 4.79 Å². The minimum absolute atomic E-state index is 0.226. The molecule has 0 aromatic heterocycles. The highest BCUT2D eigenvalue weighted by atomic mass is 79.9. The van der Waals surface area contributed by atoms with Crippen LogP contribution in [0.3, 0.4) is 0 Å². The fourth-order valence-electron chi connectivity index (χ4n) is 1.80. The molecular formula is C17H13BrClNO2. The van der Waals surface area contributed by atoms with Crippen molar-refractivity contribution in [3.63, 3.8) is 0 Å². The Labute approximate surface area is 142 Å². The molecule has 0 aliphatic carbocycles. The molecule has 0 fully saturated rings. The summed E-state index contributed by atoms with van der Waals surface area (Å²) < 4.78 is 0.893. The molecule has 1 N–H and O–H groups in total. The molecule has 3 nitrogen and oxygen atoms in total. The van der Waals surface area contributed by atoms with Crippen molar-refractivity contribution in [3.05, 3.63) is 75.2 Å². The Morgan fingerprint density at radius 2 is 1.77 bits per heavy atom. The summed E-state index contributed by atoms with van der Waals surface area (Å²) in [6.07, 6.45) is 2.47. The summed E-state index contributed by atoms with van der Waals surface area (Å²) in [4.78, 5) is 23.8. The predicted molar refractivity (Wildman–Crippen MR) is 92.4 cm³/mol. The summed E-state index contributed by atoms with van der Waals surface area (Å²) in [6.45, 7) is 1.85. The molecule has 0 radical (unpaired) electrons. The number of anilines is 1. The molecule has 112 valence electrons. The lowest BCUT2D eigenvalue weighted by Gasteiger charge is -2.06. The summed E-state index contributed by atoms with van der Waals surface area (Å²) in [6, 6.07) is 12.1. The molecule has 0 saturated carbocycles. The maximum Gasteiger partial charge on any atom is 0.248 e. The largest absolute Gasteiger partial charge is 0.322 e. The highest BCUT2D eigenvalue weighted by molar-refractivity contribution is 9.10. The summed E-state index contributed by atoms with van der Waals surface area (Å²) >= 11 is 9.16. The lowest BCUT2D eigenvalue weighted by Crippen LogP contribution is -2.09. The molecule has 2 aromatic carbocycles. The second-order valence-electron chi connectivity index (χ2n) is 4.65. The van der Waals surface area contributed by atoms with Gasteiger partial charge < -0.3 is 5.32 Å². The van der Waals surface area contributed by atoms with Crippen LogP contribution in [0.4, 0.5) is 5.69 Å². The first kappa shape index (κ1) is 16.5. The first-order valence-electron chi connectivity index (χ1n) is 6.51. The molecule has 0 atom stereocenters. The van der Waals surface area contributed by atoms with Crippen molar-refractivity contribution in [2.45, 2.75) is 6.92 Å². The van der Waals surface area contributed by atoms with E-state index in [9.17, 15) is 9.59 Å². The third-order valence-electron chi connectivity index (χ3n) is 2.96. The van der Waals surface area contributed by atoms with E-state index in [-0.39, 0.29) is 11.7 Å². The van der Waals surface area contributed by atoms with E-state index in [2.05, 4.69) is 21.2 Å². The van der Waals surface area contributed by atoms with Crippen LogP contribution in [0.25, 0.3) is 0 Å². The van der Waals surface area contributed by atoms with E-state index in [1.807, 2.05) is 6.92 Å². The summed E-state index contributed by atoms with van der Waals surface area (Å²) in [5.41, 5.74) is 2.04. The number of rotatable bonds is 4. The maximum atomic E-state index is 11.9. The smallest absolute Gasteiger partial charge is 0.248 e. The van der Waals surface area contributed by atoms with Crippen molar-refractivity contribution in [2.75, 3.05) is 5.32 Å². The van der Waals surface area contributed by atoms with Gasteiger partial charge in [-0.2, -0.15) is 0 Å². The molecule has 22 heavy (non-hydrogen) atoms. The Balaban J connectivity index is 2.02. The van der Waals surface area contributed by atoms with E-state index in [1.165, 1.54) is 12.2 Å². The number of aryl methyl sites for hydroxylation is 1. The van der Waals surface area contributed by atoms with E-state index in [4.69, 9.17) is 11.6 Å². The van der Waals surface area contributed by atoms with E-state index < -0.39 is 0 Å². The minimum Gasteiger partial charge on any atom is -0.322 e. The fourth-order valence-corrected chi connectivity index (χ4v) is 2.29. The number of amides is 1. The van der Waals surface area contributed by atoms with Crippen LogP contribution in [0, 0.1) is 6.92 Å². The van der Waals surface area contributed by atoms with Crippen LogP contribution < -0.4 is 5.32 Å². The van der Waals surface area contributed by atoms with Crippen LogP contribution in [0.5, 0.6) is 0 Å². The zero-order valence-corrected chi connectivity index (χ0v) is 14.1. The predicted octanol–water partition coefficient (Wildman–Crippen LogP) is 4.79. The third kappa shape index (κ3) is 4.55. The second kappa shape index (κ2) is 7.38. The molecule has 2 rings (SSSR count). The van der Waals surface area contributed by atoms with Gasteiger partial charge in [0.2, 0.25) is 5.91 Å². The molecule has 5 heteroatoms. The molecule has 0 aliphatic heterocycles. The zero-order chi connectivity index (χ0) is 16.1. The molecule has 0 unspecified atom stereocenters. The summed E-state index contributed by atoms with van der Waals surface area (Å²) in [7, 11) is 0. The molecule has 0 bridgehead atoms. The zero-order valence-electron chi connectivity index (χ0n) is 11.8. The first-order chi connectivity index (χ1) is 10.5. The van der Waals surface area contributed by atoms with Crippen LogP contribution in [0.2, 0.25) is 5.02 Å². The number of halogens is 2. The molecule has 0 aliphatic rings. The van der Waals surface area contributed by atoms with Crippen molar-refractivity contribution < 1.29 is 9.59 Å². The van der Waals surface area contributed by atoms with Gasteiger partial charge in [0.05, 0.1) is 0 Å². The Bertz CT molecular complexity index is 739. The second-order valence-corrected chi connectivity index (χ2v) is 6.01. The van der Waals surface area contributed by atoms with Crippen molar-refractivity contribution in [1.82, 2.24) is 0 Å². The number of hydrogen-bond acceptors (Lipinski definition) is 2. The van der Waals surface area contributed by atoms with Gasteiger partial charge in [-0.25, -0.2) is 0 Å². The molecule has 0 spiro atoms. The van der Waals surface area contributed by atoms with Crippen LogP contribution in [0.15, 0.2) is 59.1 Å². The highest BCUT2D eigenvalue weighted by Crippen LogP contribution is 2.19. The topological polar surface area (TPSA) is 46.2 Å². The van der Waals surface area contributed by atoms with Gasteiger partial charge in [0.25, 0.3) is 0 Å². The molecule has 0 saturated heterocycles.